The average molecular weight is 860 g/mol. The number of ether oxygens (including phenoxy) is 4. The number of benzene rings is 4. The van der Waals surface area contributed by atoms with Gasteiger partial charge in [0, 0.05) is 10.0 Å². The fraction of sp³-hybridized carbons (Fsp3) is 0.455. The van der Waals surface area contributed by atoms with Crippen molar-refractivity contribution in [1.82, 2.24) is 0 Å². The first-order valence-corrected chi connectivity index (χ1v) is 20.4. The second-order valence-electron chi connectivity index (χ2n) is 15.9. The maximum atomic E-state index is 10.6. The van der Waals surface area contributed by atoms with Gasteiger partial charge in [0.05, 0.1) is 27.3 Å². The lowest BCUT2D eigenvalue weighted by Crippen LogP contribution is -2.55. The quantitative estimate of drug-likeness (QED) is 0.0769. The van der Waals surface area contributed by atoms with Gasteiger partial charge in [-0.25, -0.2) is 0 Å². The van der Waals surface area contributed by atoms with Gasteiger partial charge in [-0.15, -0.1) is 0 Å². The monoisotopic (exact) mass is 858 g/mol. The van der Waals surface area contributed by atoms with Gasteiger partial charge < -0.3 is 64.3 Å². The first-order valence-electron chi connectivity index (χ1n) is 19.6. The molecule has 6 rings (SSSR count). The molecule has 0 saturated carbocycles. The average Bonchev–Trinajstić information content (AvgIpc) is 3.22. The van der Waals surface area contributed by atoms with Crippen LogP contribution in [0.1, 0.15) is 45.6 Å². The predicted octanol–water partition coefficient (Wildman–Crippen LogP) is 2.74. The van der Waals surface area contributed by atoms with Gasteiger partial charge in [0.1, 0.15) is 98.8 Å². The van der Waals surface area contributed by atoms with Gasteiger partial charge in [0.25, 0.3) is 0 Å². The summed E-state index contributed by atoms with van der Waals surface area (Å²) in [5.41, 5.74) is 4.69. The third kappa shape index (κ3) is 11.1. The number of hydrogen-bond acceptors (Lipinski definition) is 12. The summed E-state index contributed by atoms with van der Waals surface area (Å²) in [7, 11) is 4.23. The number of likely N-dealkylation sites (N-methyl/N-ethyl adjacent to an activating group) is 1. The summed E-state index contributed by atoms with van der Waals surface area (Å²) in [5.74, 6) is 1.46. The molecule has 0 unspecified atom stereocenters. The van der Waals surface area contributed by atoms with E-state index >= 15 is 0 Å². The third-order valence-electron chi connectivity index (χ3n) is 11.1. The summed E-state index contributed by atoms with van der Waals surface area (Å²) in [6.07, 6.45) is -11.5. The van der Waals surface area contributed by atoms with E-state index in [1.807, 2.05) is 48.5 Å². The van der Waals surface area contributed by atoms with Crippen LogP contribution in [0.3, 0.4) is 0 Å². The minimum atomic E-state index is -1.47. The number of rotatable bonds is 16. The fourth-order valence-corrected chi connectivity index (χ4v) is 7.72. The Morgan fingerprint density at radius 2 is 0.898 bits per heavy atom. The third-order valence-corrected chi connectivity index (χ3v) is 11.9. The Kier molecular flexibility index (Phi) is 15.3. The molecular formula is C44H54Cl2NO12+. The van der Waals surface area contributed by atoms with Crippen molar-refractivity contribution in [2.45, 2.75) is 73.9 Å². The first-order chi connectivity index (χ1) is 28.2. The molecule has 4 aromatic rings. The molecule has 0 aliphatic carbocycles. The predicted molar refractivity (Wildman–Crippen MR) is 220 cm³/mol. The van der Waals surface area contributed by atoms with Gasteiger partial charge in [0.15, 0.2) is 0 Å². The molecule has 10 atom stereocenters. The summed E-state index contributed by atoms with van der Waals surface area (Å²) < 4.78 is 24.3. The molecule has 0 amide bonds. The molecule has 320 valence electrons. The summed E-state index contributed by atoms with van der Waals surface area (Å²) >= 11 is 13.0. The van der Waals surface area contributed by atoms with E-state index in [0.29, 0.717) is 51.7 Å². The molecule has 4 aromatic carbocycles. The minimum Gasteiger partial charge on any atom is -0.488 e. The number of aliphatic hydroxyl groups excluding tert-OH is 8. The molecule has 15 heteroatoms. The van der Waals surface area contributed by atoms with Crippen LogP contribution in [0.5, 0.6) is 11.5 Å². The second-order valence-corrected chi connectivity index (χ2v) is 16.7. The normalized spacial score (nSPS) is 27.4. The number of aliphatic hydroxyl groups is 8. The van der Waals surface area contributed by atoms with Crippen LogP contribution in [0, 0.1) is 0 Å². The zero-order valence-corrected chi connectivity index (χ0v) is 34.4. The smallest absolute Gasteiger partial charge is 0.137 e. The summed E-state index contributed by atoms with van der Waals surface area (Å²) in [6, 6.07) is 25.9. The van der Waals surface area contributed by atoms with E-state index < -0.39 is 74.3 Å². The highest BCUT2D eigenvalue weighted by Gasteiger charge is 2.45. The van der Waals surface area contributed by atoms with E-state index in [1.165, 1.54) is 0 Å². The van der Waals surface area contributed by atoms with Crippen molar-refractivity contribution in [1.29, 1.82) is 0 Å². The van der Waals surface area contributed by atoms with E-state index in [2.05, 4.69) is 14.1 Å². The molecule has 2 heterocycles. The lowest BCUT2D eigenvalue weighted by Gasteiger charge is -2.40. The van der Waals surface area contributed by atoms with Crippen LogP contribution in [0.15, 0.2) is 84.9 Å². The Bertz CT molecular complexity index is 1830. The van der Waals surface area contributed by atoms with Crippen molar-refractivity contribution < 1.29 is 64.3 Å². The van der Waals surface area contributed by atoms with Crippen LogP contribution in [0.4, 0.5) is 0 Å². The molecule has 0 radical (unpaired) electrons. The summed E-state index contributed by atoms with van der Waals surface area (Å²) in [5, 5.41) is 82.2. The fourth-order valence-electron chi connectivity index (χ4n) is 7.35. The van der Waals surface area contributed by atoms with Gasteiger partial charge in [0.2, 0.25) is 0 Å². The number of quaternary nitrogens is 1. The Balaban J connectivity index is 0.946. The Morgan fingerprint density at radius 3 is 1.25 bits per heavy atom. The van der Waals surface area contributed by atoms with E-state index in [1.54, 1.807) is 36.4 Å². The highest BCUT2D eigenvalue weighted by Crippen LogP contribution is 2.36. The minimum absolute atomic E-state index is 0.494. The summed E-state index contributed by atoms with van der Waals surface area (Å²) in [6.45, 7) is 1.47. The SMILES string of the molecule is C[N+](C)(CCOc1ccc(Cc2cc([C@@H]3O[C@H](CO)[C@@H](O)[C@H](O)[C@H]3O)ccc2Cl)cc1)CCOc1ccc(Cc2cc([C@@H]3O[C@H](CO)[C@@H](O)[C@H](O)[C@H]3O)ccc2Cl)cc1. The van der Waals surface area contributed by atoms with E-state index in [-0.39, 0.29) is 0 Å². The Morgan fingerprint density at radius 1 is 0.525 bits per heavy atom. The molecule has 8 N–H and O–H groups in total. The van der Waals surface area contributed by atoms with E-state index in [9.17, 15) is 40.9 Å². The zero-order chi connectivity index (χ0) is 42.4. The zero-order valence-electron chi connectivity index (χ0n) is 32.9. The lowest BCUT2D eigenvalue weighted by molar-refractivity contribution is -0.890. The topological polar surface area (TPSA) is 199 Å². The van der Waals surface area contributed by atoms with E-state index in [4.69, 9.17) is 42.1 Å². The van der Waals surface area contributed by atoms with Gasteiger partial charge in [-0.05, 0) is 82.6 Å². The van der Waals surface area contributed by atoms with Crippen molar-refractivity contribution >= 4 is 23.2 Å². The molecule has 0 bridgehead atoms. The number of nitrogens with zero attached hydrogens (tertiary/aromatic N) is 1. The second kappa shape index (κ2) is 20.0. The number of hydrogen-bond donors (Lipinski definition) is 8. The van der Waals surface area contributed by atoms with E-state index in [0.717, 1.165) is 46.8 Å². The molecule has 0 aromatic heterocycles. The van der Waals surface area contributed by atoms with Gasteiger partial charge in [-0.3, -0.25) is 0 Å². The molecule has 2 fully saturated rings. The number of halogens is 2. The van der Waals surface area contributed by atoms with Crippen molar-refractivity contribution in [2.75, 3.05) is 53.6 Å². The standard InChI is InChI=1S/C44H54Cl2NO12/c1-47(2,15-17-56-31-9-3-25(4-10-31)19-29-21-27(7-13-33(29)45)43-41(54)39(52)37(50)35(23-48)58-43)16-18-57-32-11-5-26(6-12-32)20-30-22-28(8-14-34(30)46)44-42(55)40(53)38(51)36(24-49)59-44/h3-14,21-22,35-44,48-55H,15-20,23-24H2,1-2H3/q+1/t35-,36-,37-,38-,39+,40+,41-,42-,43+,44+/m1/s1. The first kappa shape index (κ1) is 45.2. The van der Waals surface area contributed by atoms with Crippen LogP contribution in [0.2, 0.25) is 10.0 Å². The van der Waals surface area contributed by atoms with Gasteiger partial charge in [-0.1, -0.05) is 71.7 Å². The van der Waals surface area contributed by atoms with Gasteiger partial charge in [-0.2, -0.15) is 0 Å². The van der Waals surface area contributed by atoms with Crippen molar-refractivity contribution in [3.63, 3.8) is 0 Å². The molecular weight excluding hydrogens is 805 g/mol. The molecule has 2 saturated heterocycles. The Labute approximate surface area is 353 Å². The molecule has 2 aliphatic heterocycles. The van der Waals surface area contributed by atoms with Crippen LogP contribution in [0.25, 0.3) is 0 Å². The van der Waals surface area contributed by atoms with Crippen LogP contribution in [-0.4, -0.2) is 148 Å². The van der Waals surface area contributed by atoms with Crippen LogP contribution in [-0.2, 0) is 22.3 Å². The lowest BCUT2D eigenvalue weighted by atomic mass is 9.90. The molecule has 2 aliphatic rings. The Hall–Kier alpha value is -3.38. The van der Waals surface area contributed by atoms with Crippen molar-refractivity contribution in [3.05, 3.63) is 128 Å². The largest absolute Gasteiger partial charge is 0.488 e. The molecule has 0 spiro atoms. The van der Waals surface area contributed by atoms with Crippen LogP contribution >= 0.6 is 23.2 Å². The van der Waals surface area contributed by atoms with Crippen molar-refractivity contribution in [3.8, 4) is 11.5 Å². The molecule has 59 heavy (non-hydrogen) atoms. The summed E-state index contributed by atoms with van der Waals surface area (Å²) in [4.78, 5) is 0. The maximum Gasteiger partial charge on any atom is 0.137 e. The maximum absolute atomic E-state index is 10.6. The van der Waals surface area contributed by atoms with Crippen molar-refractivity contribution in [2.24, 2.45) is 0 Å². The van der Waals surface area contributed by atoms with Gasteiger partial charge >= 0.3 is 0 Å². The highest BCUT2D eigenvalue weighted by molar-refractivity contribution is 6.31. The molecule has 13 nitrogen and oxygen atoms in total. The van der Waals surface area contributed by atoms with Crippen LogP contribution < -0.4 is 9.47 Å². The highest BCUT2D eigenvalue weighted by atomic mass is 35.5.